The van der Waals surface area contributed by atoms with Crippen molar-refractivity contribution in [2.75, 3.05) is 0 Å². The normalized spacial score (nSPS) is 38.3. The molecule has 6 rings (SSSR count). The zero-order valence-corrected chi connectivity index (χ0v) is 31.5. The number of carbonyl (C=O) groups excluding carboxylic acids is 3. The summed E-state index contributed by atoms with van der Waals surface area (Å²) in [6, 6.07) is 0. The zero-order chi connectivity index (χ0) is 36.1. The van der Waals surface area contributed by atoms with E-state index in [1.54, 1.807) is 30.8 Å². The second-order valence-electron chi connectivity index (χ2n) is 18.8. The van der Waals surface area contributed by atoms with E-state index in [0.29, 0.717) is 24.1 Å². The molecule has 9 nitrogen and oxygen atoms in total. The molecule has 4 saturated carbocycles. The lowest BCUT2D eigenvalue weighted by Crippen LogP contribution is -2.65. The van der Waals surface area contributed by atoms with Gasteiger partial charge in [-0.15, -0.1) is 0 Å². The quantitative estimate of drug-likeness (QED) is 0.229. The summed E-state index contributed by atoms with van der Waals surface area (Å²) in [4.78, 5) is 56.7. The molecule has 5 aliphatic rings. The number of nitrogens with zero attached hydrogens (tertiary/aromatic N) is 2. The molecule has 2 N–H and O–H groups in total. The monoisotopic (exact) mass is 677 g/mol. The van der Waals surface area contributed by atoms with Crippen LogP contribution in [0, 0.1) is 50.7 Å². The first-order valence-electron chi connectivity index (χ1n) is 18.6. The smallest absolute Gasteiger partial charge is 0.309 e. The number of amides is 1. The van der Waals surface area contributed by atoms with Crippen LogP contribution in [0.25, 0.3) is 0 Å². The number of carboxylic acid groups (broad SMARTS) is 1. The molecule has 1 aromatic heterocycles. The lowest BCUT2D eigenvalue weighted by Gasteiger charge is -2.70. The number of aryl methyl sites for hydroxylation is 1. The standard InChI is InChI=1S/C40H59N3O6/c1-23(2)30-25(44)21-40(42-33(46)32-41-19-20-43(32)10)18-17-38(8)24(31(30)40)11-12-27-37(7)15-14-28(49-29(45)22-35(3,4)34(47)48)36(5,6)26(37)13-16-39(27,38)9/h19-20,23,26-28,30H,11-18,21-22H2,1-10H3,(H,42,46)(H,47,48)/t26?,27?,28-,30?,37-,38+,39+,40+/m0/s1. The van der Waals surface area contributed by atoms with Gasteiger partial charge in [0.2, 0.25) is 0 Å². The van der Waals surface area contributed by atoms with Crippen LogP contribution < -0.4 is 5.32 Å². The Bertz CT molecular complexity index is 1600. The number of carboxylic acids is 1. The van der Waals surface area contributed by atoms with Crippen LogP contribution in [0.5, 0.6) is 0 Å². The molecule has 270 valence electrons. The fourth-order valence-corrected chi connectivity index (χ4v) is 12.3. The first-order chi connectivity index (χ1) is 22.6. The molecule has 0 radical (unpaired) electrons. The number of aliphatic carboxylic acids is 1. The number of carbonyl (C=O) groups is 4. The molecule has 0 aliphatic heterocycles. The number of aromatic nitrogens is 2. The molecule has 1 heterocycles. The topological polar surface area (TPSA) is 128 Å². The van der Waals surface area contributed by atoms with Gasteiger partial charge in [-0.2, -0.15) is 0 Å². The highest BCUT2D eigenvalue weighted by molar-refractivity contribution is 5.96. The second kappa shape index (κ2) is 11.5. The van der Waals surface area contributed by atoms with Crippen molar-refractivity contribution in [3.63, 3.8) is 0 Å². The van der Waals surface area contributed by atoms with E-state index in [9.17, 15) is 24.3 Å². The summed E-state index contributed by atoms with van der Waals surface area (Å²) >= 11 is 0. The number of ether oxygens (including phenoxy) is 1. The fourth-order valence-electron chi connectivity index (χ4n) is 12.3. The van der Waals surface area contributed by atoms with Gasteiger partial charge in [0.05, 0.1) is 17.4 Å². The van der Waals surface area contributed by atoms with Crippen LogP contribution in [0.2, 0.25) is 0 Å². The van der Waals surface area contributed by atoms with E-state index >= 15 is 0 Å². The maximum Gasteiger partial charge on any atom is 0.309 e. The van der Waals surface area contributed by atoms with Crippen LogP contribution >= 0.6 is 0 Å². The van der Waals surface area contributed by atoms with Crippen molar-refractivity contribution in [3.8, 4) is 0 Å². The van der Waals surface area contributed by atoms with Crippen molar-refractivity contribution in [1.82, 2.24) is 14.9 Å². The van der Waals surface area contributed by atoms with Gasteiger partial charge < -0.3 is 19.7 Å². The van der Waals surface area contributed by atoms with Gasteiger partial charge in [0.15, 0.2) is 5.82 Å². The van der Waals surface area contributed by atoms with Crippen molar-refractivity contribution in [3.05, 3.63) is 29.4 Å². The number of ketones is 1. The molecule has 9 heteroatoms. The van der Waals surface area contributed by atoms with Gasteiger partial charge in [0, 0.05) is 37.2 Å². The summed E-state index contributed by atoms with van der Waals surface area (Å²) in [5, 5.41) is 13.0. The average molecular weight is 678 g/mol. The summed E-state index contributed by atoms with van der Waals surface area (Å²) in [6.07, 6.45) is 10.8. The molecule has 1 amide bonds. The predicted octanol–water partition coefficient (Wildman–Crippen LogP) is 7.30. The lowest BCUT2D eigenvalue weighted by atomic mass is 9.34. The van der Waals surface area contributed by atoms with Crippen LogP contribution in [0.1, 0.15) is 137 Å². The predicted molar refractivity (Wildman–Crippen MR) is 186 cm³/mol. The number of hydrogen-bond acceptors (Lipinski definition) is 6. The van der Waals surface area contributed by atoms with E-state index in [-0.39, 0.29) is 57.7 Å². The van der Waals surface area contributed by atoms with E-state index in [1.807, 2.05) is 7.05 Å². The van der Waals surface area contributed by atoms with Crippen LogP contribution in [-0.4, -0.2) is 49.9 Å². The molecule has 1 aromatic rings. The fraction of sp³-hybridized carbons (Fsp3) is 0.775. The third-order valence-electron chi connectivity index (χ3n) is 15.1. The highest BCUT2D eigenvalue weighted by atomic mass is 16.5. The first-order valence-corrected chi connectivity index (χ1v) is 18.6. The second-order valence-corrected chi connectivity index (χ2v) is 18.8. The van der Waals surface area contributed by atoms with Crippen molar-refractivity contribution < 1.29 is 29.0 Å². The van der Waals surface area contributed by atoms with Crippen molar-refractivity contribution in [1.29, 1.82) is 0 Å². The Morgan fingerprint density at radius 2 is 1.73 bits per heavy atom. The summed E-state index contributed by atoms with van der Waals surface area (Å²) < 4.78 is 7.88. The van der Waals surface area contributed by atoms with Crippen molar-refractivity contribution >= 4 is 23.6 Å². The van der Waals surface area contributed by atoms with Crippen LogP contribution in [0.15, 0.2) is 23.5 Å². The average Bonchev–Trinajstić information content (AvgIpc) is 3.54. The highest BCUT2D eigenvalue weighted by Gasteiger charge is 2.69. The van der Waals surface area contributed by atoms with Crippen LogP contribution in [0.3, 0.4) is 0 Å². The summed E-state index contributed by atoms with van der Waals surface area (Å²) in [7, 11) is 1.82. The Morgan fingerprint density at radius 1 is 1.04 bits per heavy atom. The maximum absolute atomic E-state index is 13.9. The van der Waals surface area contributed by atoms with Gasteiger partial charge in [-0.1, -0.05) is 54.0 Å². The van der Waals surface area contributed by atoms with Gasteiger partial charge in [-0.25, -0.2) is 4.98 Å². The van der Waals surface area contributed by atoms with Gasteiger partial charge in [-0.3, -0.25) is 19.2 Å². The molecule has 0 saturated heterocycles. The number of hydrogen-bond donors (Lipinski definition) is 2. The van der Waals surface area contributed by atoms with Crippen molar-refractivity contribution in [2.45, 2.75) is 138 Å². The minimum atomic E-state index is -1.17. The molecular weight excluding hydrogens is 618 g/mol. The van der Waals surface area contributed by atoms with Crippen molar-refractivity contribution in [2.24, 2.45) is 57.8 Å². The Hall–Kier alpha value is -2.97. The number of allylic oxidation sites excluding steroid dienone is 1. The summed E-state index contributed by atoms with van der Waals surface area (Å²) in [6.45, 7) is 19.4. The molecule has 3 unspecified atom stereocenters. The molecule has 0 aromatic carbocycles. The molecule has 49 heavy (non-hydrogen) atoms. The number of rotatable bonds is 7. The summed E-state index contributed by atoms with van der Waals surface area (Å²) in [5.74, 6) is -0.279. The first kappa shape index (κ1) is 35.8. The van der Waals surface area contributed by atoms with E-state index < -0.39 is 22.9 Å². The number of nitrogens with one attached hydrogen (secondary N) is 1. The van der Waals surface area contributed by atoms with Gasteiger partial charge >= 0.3 is 11.9 Å². The number of imidazole rings is 1. The van der Waals surface area contributed by atoms with E-state index in [4.69, 9.17) is 4.74 Å². The molecule has 5 aliphatic carbocycles. The molecule has 0 bridgehead atoms. The van der Waals surface area contributed by atoms with Gasteiger partial charge in [0.1, 0.15) is 11.9 Å². The molecular formula is C40H59N3O6. The Kier molecular flexibility index (Phi) is 8.43. The zero-order valence-electron chi connectivity index (χ0n) is 31.5. The van der Waals surface area contributed by atoms with Gasteiger partial charge in [0.25, 0.3) is 5.91 Å². The van der Waals surface area contributed by atoms with Crippen LogP contribution in [0.4, 0.5) is 0 Å². The minimum Gasteiger partial charge on any atom is -0.481 e. The maximum atomic E-state index is 13.9. The van der Waals surface area contributed by atoms with E-state index in [2.05, 4.69) is 58.8 Å². The number of Topliss-reactive ketones (excluding diaryl/α,β-unsaturated/α-hetero) is 1. The Labute approximate surface area is 292 Å². The van der Waals surface area contributed by atoms with E-state index in [0.717, 1.165) is 51.4 Å². The van der Waals surface area contributed by atoms with Gasteiger partial charge in [-0.05, 0) is 105 Å². The number of fused-ring (bicyclic) bond motifs is 6. The third kappa shape index (κ3) is 5.17. The number of esters is 1. The minimum absolute atomic E-state index is 0.00689. The molecule has 4 fully saturated rings. The lowest BCUT2D eigenvalue weighted by molar-refractivity contribution is -0.214. The highest BCUT2D eigenvalue weighted by Crippen LogP contribution is 2.75. The Morgan fingerprint density at radius 3 is 2.35 bits per heavy atom. The SMILES string of the molecule is CC(C)C1C(=O)C[C@]2(NC(=O)c3nccn3C)CC[C@]3(C)C(=C12)CCC1[C@@]2(C)CC[C@H](OC(=O)CC(C)(C)C(=O)O)C(C)(C)C2CC[C@]13C. The summed E-state index contributed by atoms with van der Waals surface area (Å²) in [5.41, 5.74) is 0.475. The Balaban J connectivity index is 1.33. The molecule has 8 atom stereocenters. The third-order valence-corrected chi connectivity index (χ3v) is 15.1. The largest absolute Gasteiger partial charge is 0.481 e. The molecule has 0 spiro atoms. The van der Waals surface area contributed by atoms with Crippen LogP contribution in [-0.2, 0) is 26.2 Å². The van der Waals surface area contributed by atoms with E-state index in [1.165, 1.54) is 11.1 Å².